The Balaban J connectivity index is 1.97. The van der Waals surface area contributed by atoms with E-state index in [1.807, 2.05) is 0 Å². The topological polar surface area (TPSA) is 46.9 Å². The van der Waals surface area contributed by atoms with Gasteiger partial charge in [0.25, 0.3) is 5.56 Å². The van der Waals surface area contributed by atoms with Crippen LogP contribution >= 0.6 is 0 Å². The lowest BCUT2D eigenvalue weighted by atomic mass is 10.1. The third kappa shape index (κ3) is 2.34. The number of nitrogens with one attached hydrogen (secondary N) is 1. The van der Waals surface area contributed by atoms with Crippen LogP contribution in [0.4, 0.5) is 8.78 Å². The smallest absolute Gasteiger partial charge is 0.257 e. The highest BCUT2D eigenvalue weighted by molar-refractivity contribution is 5.22. The summed E-state index contributed by atoms with van der Waals surface area (Å²) in [6.07, 6.45) is 2.03. The first-order valence-electron chi connectivity index (χ1n) is 6.37. The second-order valence-corrected chi connectivity index (χ2v) is 4.77. The van der Waals surface area contributed by atoms with Gasteiger partial charge in [-0.05, 0) is 19.0 Å². The van der Waals surface area contributed by atoms with Crippen LogP contribution < -0.4 is 10.9 Å². The first kappa shape index (κ1) is 12.9. The van der Waals surface area contributed by atoms with Gasteiger partial charge in [-0.25, -0.2) is 13.8 Å². The molecular formula is C14H13F2N3O. The molecule has 0 bridgehead atoms. The molecule has 0 amide bonds. The van der Waals surface area contributed by atoms with E-state index in [9.17, 15) is 13.6 Å². The Kier molecular flexibility index (Phi) is 3.31. The fraction of sp³-hybridized carbons (Fsp3) is 0.286. The van der Waals surface area contributed by atoms with Crippen LogP contribution in [0.3, 0.4) is 0 Å². The molecule has 6 heteroatoms. The van der Waals surface area contributed by atoms with Crippen LogP contribution in [0.25, 0.3) is 0 Å². The van der Waals surface area contributed by atoms with E-state index in [1.54, 1.807) is 0 Å². The Bertz CT molecular complexity index is 712. The zero-order valence-corrected chi connectivity index (χ0v) is 10.7. The van der Waals surface area contributed by atoms with Crippen molar-refractivity contribution in [3.8, 4) is 0 Å². The highest BCUT2D eigenvalue weighted by atomic mass is 19.1. The lowest BCUT2D eigenvalue weighted by molar-refractivity contribution is 0.557. The molecule has 0 fully saturated rings. The van der Waals surface area contributed by atoms with E-state index in [4.69, 9.17) is 0 Å². The number of fused-ring (bicyclic) bond motifs is 1. The minimum atomic E-state index is -0.656. The highest BCUT2D eigenvalue weighted by Gasteiger charge is 2.15. The summed E-state index contributed by atoms with van der Waals surface area (Å²) in [6.45, 7) is 1.37. The predicted molar refractivity (Wildman–Crippen MR) is 69.4 cm³/mol. The van der Waals surface area contributed by atoms with Crippen LogP contribution in [-0.4, -0.2) is 16.1 Å². The molecule has 0 radical (unpaired) electrons. The van der Waals surface area contributed by atoms with Gasteiger partial charge in [-0.1, -0.05) is 6.07 Å². The molecule has 2 heterocycles. The summed E-state index contributed by atoms with van der Waals surface area (Å²) < 4.78 is 27.8. The number of hydrogen-bond acceptors (Lipinski definition) is 3. The van der Waals surface area contributed by atoms with Crippen LogP contribution in [0.2, 0.25) is 0 Å². The van der Waals surface area contributed by atoms with Crippen LogP contribution in [0.1, 0.15) is 16.8 Å². The van der Waals surface area contributed by atoms with Crippen molar-refractivity contribution in [3.63, 3.8) is 0 Å². The molecule has 0 aliphatic carbocycles. The Labute approximate surface area is 114 Å². The first-order valence-corrected chi connectivity index (χ1v) is 6.37. The number of benzene rings is 1. The molecule has 1 aliphatic heterocycles. The van der Waals surface area contributed by atoms with Gasteiger partial charge >= 0.3 is 0 Å². The quantitative estimate of drug-likeness (QED) is 0.897. The van der Waals surface area contributed by atoms with Crippen LogP contribution in [0, 0.1) is 11.6 Å². The molecule has 2 aromatic rings. The minimum Gasteiger partial charge on any atom is -0.311 e. The fourth-order valence-electron chi connectivity index (χ4n) is 2.34. The van der Waals surface area contributed by atoms with Gasteiger partial charge in [0.1, 0.15) is 11.6 Å². The van der Waals surface area contributed by atoms with Crippen LogP contribution in [-0.2, 0) is 19.5 Å². The molecule has 0 saturated heterocycles. The van der Waals surface area contributed by atoms with E-state index >= 15 is 0 Å². The SMILES string of the molecule is O=c1c2c(ncn1Cc1ccc(F)cc1F)CNCC2. The molecule has 1 aromatic carbocycles. The molecule has 20 heavy (non-hydrogen) atoms. The average Bonchev–Trinajstić information content (AvgIpc) is 2.45. The average molecular weight is 277 g/mol. The lowest BCUT2D eigenvalue weighted by Crippen LogP contribution is -2.34. The van der Waals surface area contributed by atoms with Crippen molar-refractivity contribution in [2.45, 2.75) is 19.5 Å². The molecule has 0 atom stereocenters. The fourth-order valence-corrected chi connectivity index (χ4v) is 2.34. The molecule has 1 aliphatic rings. The van der Waals surface area contributed by atoms with Gasteiger partial charge in [0, 0.05) is 23.7 Å². The predicted octanol–water partition coefficient (Wildman–Crippen LogP) is 1.22. The normalized spacial score (nSPS) is 14.1. The molecule has 3 rings (SSSR count). The van der Waals surface area contributed by atoms with Crippen LogP contribution in [0.5, 0.6) is 0 Å². The summed E-state index contributed by atoms with van der Waals surface area (Å²) in [6, 6.07) is 3.34. The highest BCUT2D eigenvalue weighted by Crippen LogP contribution is 2.11. The van der Waals surface area contributed by atoms with Crippen LogP contribution in [0.15, 0.2) is 29.3 Å². The Morgan fingerprint density at radius 3 is 3.00 bits per heavy atom. The van der Waals surface area contributed by atoms with Gasteiger partial charge in [0.15, 0.2) is 0 Å². The van der Waals surface area contributed by atoms with Gasteiger partial charge in [0.05, 0.1) is 18.6 Å². The maximum Gasteiger partial charge on any atom is 0.257 e. The number of aromatic nitrogens is 2. The van der Waals surface area contributed by atoms with Gasteiger partial charge < -0.3 is 5.32 Å². The largest absolute Gasteiger partial charge is 0.311 e. The summed E-state index contributed by atoms with van der Waals surface area (Å²) in [5.74, 6) is -1.29. The minimum absolute atomic E-state index is 0.0542. The molecular weight excluding hydrogens is 264 g/mol. The molecule has 1 aromatic heterocycles. The molecule has 0 unspecified atom stereocenters. The number of hydrogen-bond donors (Lipinski definition) is 1. The van der Waals surface area contributed by atoms with E-state index in [2.05, 4.69) is 10.3 Å². The third-order valence-corrected chi connectivity index (χ3v) is 3.42. The molecule has 1 N–H and O–H groups in total. The monoisotopic (exact) mass is 277 g/mol. The second kappa shape index (κ2) is 5.13. The van der Waals surface area contributed by atoms with Crippen molar-refractivity contribution >= 4 is 0 Å². The standard InChI is InChI=1S/C14H13F2N3O/c15-10-2-1-9(12(16)5-10)7-19-8-18-13-6-17-4-3-11(13)14(19)20/h1-2,5,8,17H,3-4,6-7H2. The summed E-state index contributed by atoms with van der Waals surface area (Å²) in [5, 5.41) is 3.14. The summed E-state index contributed by atoms with van der Waals surface area (Å²) >= 11 is 0. The summed E-state index contributed by atoms with van der Waals surface area (Å²) in [7, 11) is 0. The van der Waals surface area contributed by atoms with Gasteiger partial charge in [-0.2, -0.15) is 0 Å². The van der Waals surface area contributed by atoms with Crippen molar-refractivity contribution < 1.29 is 8.78 Å². The molecule has 0 spiro atoms. The number of halogens is 2. The Morgan fingerprint density at radius 2 is 2.20 bits per heavy atom. The van der Waals surface area contributed by atoms with Crippen molar-refractivity contribution in [1.82, 2.24) is 14.9 Å². The van der Waals surface area contributed by atoms with Crippen molar-refractivity contribution in [3.05, 3.63) is 63.3 Å². The van der Waals surface area contributed by atoms with Crippen molar-refractivity contribution in [2.24, 2.45) is 0 Å². The van der Waals surface area contributed by atoms with E-state index in [0.717, 1.165) is 18.3 Å². The zero-order chi connectivity index (χ0) is 14.1. The van der Waals surface area contributed by atoms with E-state index in [1.165, 1.54) is 23.0 Å². The number of rotatable bonds is 2. The maximum absolute atomic E-state index is 13.6. The van der Waals surface area contributed by atoms with Gasteiger partial charge in [-0.3, -0.25) is 9.36 Å². The van der Waals surface area contributed by atoms with E-state index < -0.39 is 11.6 Å². The van der Waals surface area contributed by atoms with Crippen molar-refractivity contribution in [2.75, 3.05) is 6.54 Å². The second-order valence-electron chi connectivity index (χ2n) is 4.77. The molecule has 0 saturated carbocycles. The summed E-state index contributed by atoms with van der Waals surface area (Å²) in [4.78, 5) is 16.5. The van der Waals surface area contributed by atoms with Gasteiger partial charge in [-0.15, -0.1) is 0 Å². The Hall–Kier alpha value is -2.08. The van der Waals surface area contributed by atoms with E-state index in [-0.39, 0.29) is 17.7 Å². The molecule has 104 valence electrons. The van der Waals surface area contributed by atoms with Gasteiger partial charge in [0.2, 0.25) is 0 Å². The third-order valence-electron chi connectivity index (χ3n) is 3.42. The lowest BCUT2D eigenvalue weighted by Gasteiger charge is -2.17. The Morgan fingerprint density at radius 1 is 1.35 bits per heavy atom. The number of nitrogens with zero attached hydrogens (tertiary/aromatic N) is 2. The maximum atomic E-state index is 13.6. The van der Waals surface area contributed by atoms with Crippen molar-refractivity contribution in [1.29, 1.82) is 0 Å². The summed E-state index contributed by atoms with van der Waals surface area (Å²) in [5.41, 5.74) is 1.54. The zero-order valence-electron chi connectivity index (χ0n) is 10.7. The van der Waals surface area contributed by atoms with E-state index in [0.29, 0.717) is 18.5 Å². The first-order chi connectivity index (χ1) is 9.65. The molecule has 4 nitrogen and oxygen atoms in total.